The van der Waals surface area contributed by atoms with Crippen LogP contribution in [0.25, 0.3) is 0 Å². The topological polar surface area (TPSA) is 106 Å². The van der Waals surface area contributed by atoms with Gasteiger partial charge in [0.15, 0.2) is 0 Å². The maximum Gasteiger partial charge on any atom is 0.315 e. The van der Waals surface area contributed by atoms with E-state index in [2.05, 4.69) is 16.0 Å². The summed E-state index contributed by atoms with van der Waals surface area (Å²) in [5.74, 6) is -0.716. The minimum absolute atomic E-state index is 0.0660. The number of hydrogen-bond acceptors (Lipinski definition) is 5. The van der Waals surface area contributed by atoms with Crippen molar-refractivity contribution < 1.29 is 28.2 Å². The van der Waals surface area contributed by atoms with Crippen molar-refractivity contribution in [2.75, 3.05) is 20.3 Å². The Hall–Kier alpha value is -3.62. The standard InChI is InChI=1S/C22H26FN3O5/c1-3-31-21(28)12-19(16-5-4-6-18(11-16)30-2)26-20(27)14-25-22(29)24-13-15-7-9-17(23)10-8-15/h4-11,19H,3,12-14H2,1-2H3,(H,26,27)(H2,24,25,29). The second-order valence-electron chi connectivity index (χ2n) is 6.57. The number of carbonyl (C=O) groups excluding carboxylic acids is 3. The number of rotatable bonds is 10. The monoisotopic (exact) mass is 431 g/mol. The number of urea groups is 1. The highest BCUT2D eigenvalue weighted by Crippen LogP contribution is 2.22. The van der Waals surface area contributed by atoms with Crippen LogP contribution in [0.1, 0.15) is 30.5 Å². The van der Waals surface area contributed by atoms with Crippen molar-refractivity contribution in [3.63, 3.8) is 0 Å². The van der Waals surface area contributed by atoms with Crippen LogP contribution >= 0.6 is 0 Å². The SMILES string of the molecule is CCOC(=O)CC(NC(=O)CNC(=O)NCc1ccc(F)cc1)c1cccc(OC)c1. The van der Waals surface area contributed by atoms with Crippen molar-refractivity contribution in [3.05, 3.63) is 65.5 Å². The smallest absolute Gasteiger partial charge is 0.315 e. The van der Waals surface area contributed by atoms with Gasteiger partial charge in [-0.15, -0.1) is 0 Å². The highest BCUT2D eigenvalue weighted by molar-refractivity contribution is 5.84. The Morgan fingerprint density at radius 1 is 1.06 bits per heavy atom. The van der Waals surface area contributed by atoms with Crippen molar-refractivity contribution in [1.82, 2.24) is 16.0 Å². The van der Waals surface area contributed by atoms with Gasteiger partial charge in [0.25, 0.3) is 0 Å². The Morgan fingerprint density at radius 2 is 1.81 bits per heavy atom. The van der Waals surface area contributed by atoms with E-state index in [0.29, 0.717) is 16.9 Å². The number of esters is 1. The predicted molar refractivity (Wildman–Crippen MR) is 112 cm³/mol. The Balaban J connectivity index is 1.90. The van der Waals surface area contributed by atoms with Gasteiger partial charge in [-0.25, -0.2) is 9.18 Å². The van der Waals surface area contributed by atoms with Crippen LogP contribution in [0.15, 0.2) is 48.5 Å². The van der Waals surface area contributed by atoms with Crippen LogP contribution < -0.4 is 20.7 Å². The second kappa shape index (κ2) is 12.2. The maximum absolute atomic E-state index is 12.9. The van der Waals surface area contributed by atoms with Gasteiger partial charge < -0.3 is 25.4 Å². The summed E-state index contributed by atoms with van der Waals surface area (Å²) < 4.78 is 23.1. The molecule has 0 aliphatic carbocycles. The molecule has 0 aliphatic rings. The molecule has 2 aromatic carbocycles. The molecule has 0 heterocycles. The summed E-state index contributed by atoms with van der Waals surface area (Å²) in [4.78, 5) is 36.2. The first-order valence-electron chi connectivity index (χ1n) is 9.76. The number of methoxy groups -OCH3 is 1. The molecule has 0 radical (unpaired) electrons. The van der Waals surface area contributed by atoms with E-state index in [-0.39, 0.29) is 31.9 Å². The van der Waals surface area contributed by atoms with Gasteiger partial charge in [0.05, 0.1) is 32.7 Å². The molecular formula is C22H26FN3O5. The van der Waals surface area contributed by atoms with Crippen molar-refractivity contribution in [2.45, 2.75) is 25.9 Å². The summed E-state index contributed by atoms with van der Waals surface area (Å²) in [7, 11) is 1.52. The molecule has 0 saturated carbocycles. The minimum atomic E-state index is -0.647. The number of halogens is 1. The molecule has 2 aromatic rings. The lowest BCUT2D eigenvalue weighted by molar-refractivity contribution is -0.143. The molecule has 1 unspecified atom stereocenters. The average molecular weight is 431 g/mol. The van der Waals surface area contributed by atoms with E-state index in [1.54, 1.807) is 43.3 Å². The lowest BCUT2D eigenvalue weighted by Crippen LogP contribution is -2.43. The Kier molecular flexibility index (Phi) is 9.28. The van der Waals surface area contributed by atoms with E-state index in [4.69, 9.17) is 9.47 Å². The van der Waals surface area contributed by atoms with Crippen LogP contribution in [0, 0.1) is 5.82 Å². The number of ether oxygens (including phenoxy) is 2. The minimum Gasteiger partial charge on any atom is -0.497 e. The molecule has 3 amide bonds. The molecule has 9 heteroatoms. The third-order valence-corrected chi connectivity index (χ3v) is 4.28. The first-order chi connectivity index (χ1) is 14.9. The quantitative estimate of drug-likeness (QED) is 0.501. The van der Waals surface area contributed by atoms with Crippen LogP contribution in [0.4, 0.5) is 9.18 Å². The molecule has 0 saturated heterocycles. The van der Waals surface area contributed by atoms with E-state index >= 15 is 0 Å². The molecule has 0 fully saturated rings. The fourth-order valence-electron chi connectivity index (χ4n) is 2.75. The van der Waals surface area contributed by atoms with Crippen molar-refractivity contribution in [3.8, 4) is 5.75 Å². The number of hydrogen-bond donors (Lipinski definition) is 3. The fraction of sp³-hybridized carbons (Fsp3) is 0.318. The van der Waals surface area contributed by atoms with Gasteiger partial charge in [-0.2, -0.15) is 0 Å². The van der Waals surface area contributed by atoms with Gasteiger partial charge in [0, 0.05) is 6.54 Å². The van der Waals surface area contributed by atoms with E-state index in [1.165, 1.54) is 19.2 Å². The third kappa shape index (κ3) is 8.33. The summed E-state index contributed by atoms with van der Waals surface area (Å²) >= 11 is 0. The first kappa shape index (κ1) is 23.7. The van der Waals surface area contributed by atoms with Crippen LogP contribution in [-0.2, 0) is 20.9 Å². The summed E-state index contributed by atoms with van der Waals surface area (Å²) in [5.41, 5.74) is 1.38. The predicted octanol–water partition coefficient (Wildman–Crippen LogP) is 2.44. The Bertz CT molecular complexity index is 889. The number of benzene rings is 2. The van der Waals surface area contributed by atoms with Gasteiger partial charge in [-0.05, 0) is 42.3 Å². The Morgan fingerprint density at radius 3 is 2.48 bits per heavy atom. The van der Waals surface area contributed by atoms with Crippen molar-refractivity contribution >= 4 is 17.9 Å². The largest absolute Gasteiger partial charge is 0.497 e. The number of carbonyl (C=O) groups is 3. The van der Waals surface area contributed by atoms with Crippen LogP contribution in [0.2, 0.25) is 0 Å². The van der Waals surface area contributed by atoms with Crippen LogP contribution in [-0.4, -0.2) is 38.2 Å². The lowest BCUT2D eigenvalue weighted by atomic mass is 10.0. The molecular weight excluding hydrogens is 405 g/mol. The fourth-order valence-corrected chi connectivity index (χ4v) is 2.75. The average Bonchev–Trinajstić information content (AvgIpc) is 2.77. The molecule has 166 valence electrons. The van der Waals surface area contributed by atoms with E-state index < -0.39 is 23.9 Å². The lowest BCUT2D eigenvalue weighted by Gasteiger charge is -2.19. The van der Waals surface area contributed by atoms with Crippen molar-refractivity contribution in [2.24, 2.45) is 0 Å². The molecule has 3 N–H and O–H groups in total. The van der Waals surface area contributed by atoms with E-state index in [0.717, 1.165) is 0 Å². The van der Waals surface area contributed by atoms with Gasteiger partial charge in [-0.1, -0.05) is 24.3 Å². The third-order valence-electron chi connectivity index (χ3n) is 4.28. The van der Waals surface area contributed by atoms with Crippen molar-refractivity contribution in [1.29, 1.82) is 0 Å². The summed E-state index contributed by atoms with van der Waals surface area (Å²) in [6.45, 7) is 1.82. The zero-order valence-corrected chi connectivity index (χ0v) is 17.4. The highest BCUT2D eigenvalue weighted by Gasteiger charge is 2.20. The van der Waals surface area contributed by atoms with Gasteiger partial charge in [0.2, 0.25) is 5.91 Å². The molecule has 0 bridgehead atoms. The highest BCUT2D eigenvalue weighted by atomic mass is 19.1. The Labute approximate surface area is 180 Å². The second-order valence-corrected chi connectivity index (χ2v) is 6.57. The van der Waals surface area contributed by atoms with Gasteiger partial charge >= 0.3 is 12.0 Å². The number of nitrogens with one attached hydrogen (secondary N) is 3. The normalized spacial score (nSPS) is 11.2. The zero-order valence-electron chi connectivity index (χ0n) is 17.4. The number of amides is 3. The summed E-state index contributed by atoms with van der Waals surface area (Å²) in [6, 6.07) is 11.5. The molecule has 8 nitrogen and oxygen atoms in total. The van der Waals surface area contributed by atoms with Crippen LogP contribution in [0.3, 0.4) is 0 Å². The van der Waals surface area contributed by atoms with Crippen LogP contribution in [0.5, 0.6) is 5.75 Å². The summed E-state index contributed by atoms with van der Waals surface area (Å²) in [6.07, 6.45) is -0.0660. The molecule has 0 spiro atoms. The maximum atomic E-state index is 12.9. The summed E-state index contributed by atoms with van der Waals surface area (Å²) in [5, 5.41) is 7.75. The molecule has 31 heavy (non-hydrogen) atoms. The molecule has 1 atom stereocenters. The zero-order chi connectivity index (χ0) is 22.6. The van der Waals surface area contributed by atoms with Gasteiger partial charge in [-0.3, -0.25) is 9.59 Å². The van der Waals surface area contributed by atoms with Gasteiger partial charge in [0.1, 0.15) is 11.6 Å². The van der Waals surface area contributed by atoms with E-state index in [1.807, 2.05) is 0 Å². The van der Waals surface area contributed by atoms with E-state index in [9.17, 15) is 18.8 Å². The first-order valence-corrected chi connectivity index (χ1v) is 9.76. The molecule has 0 aliphatic heterocycles. The molecule has 0 aromatic heterocycles. The molecule has 2 rings (SSSR count).